The molecule has 0 saturated heterocycles. The second-order valence-electron chi connectivity index (χ2n) is 3.68. The maximum absolute atomic E-state index is 11.1. The van der Waals surface area contributed by atoms with Crippen molar-refractivity contribution in [2.75, 3.05) is 6.61 Å². The minimum Gasteiger partial charge on any atom is -0.487 e. The van der Waals surface area contributed by atoms with Gasteiger partial charge in [-0.25, -0.2) is 0 Å². The largest absolute Gasteiger partial charge is 0.487 e. The molecule has 98 valence electrons. The molecule has 1 unspecified atom stereocenters. The van der Waals surface area contributed by atoms with Gasteiger partial charge in [-0.1, -0.05) is 19.1 Å². The highest BCUT2D eigenvalue weighted by molar-refractivity contribution is 5.78. The Labute approximate surface area is 104 Å². The van der Waals surface area contributed by atoms with E-state index in [-0.39, 0.29) is 30.0 Å². The van der Waals surface area contributed by atoms with E-state index >= 15 is 0 Å². The Bertz CT molecular complexity index is 458. The first kappa shape index (κ1) is 14.0. The summed E-state index contributed by atoms with van der Waals surface area (Å²) in [6.07, 6.45) is 0.283. The van der Waals surface area contributed by atoms with Gasteiger partial charge < -0.3 is 9.84 Å². The normalized spacial score (nSPS) is 11.9. The molecule has 0 spiro atoms. The third kappa shape index (κ3) is 2.77. The lowest BCUT2D eigenvalue weighted by Crippen LogP contribution is -2.13. The van der Waals surface area contributed by atoms with Crippen molar-refractivity contribution in [1.82, 2.24) is 0 Å². The van der Waals surface area contributed by atoms with Gasteiger partial charge in [0.05, 0.1) is 17.4 Å². The van der Waals surface area contributed by atoms with Crippen molar-refractivity contribution in [3.05, 3.63) is 33.9 Å². The van der Waals surface area contributed by atoms with E-state index in [1.807, 2.05) is 0 Å². The number of nitro benzene ring substituents is 1. The summed E-state index contributed by atoms with van der Waals surface area (Å²) >= 11 is 0. The van der Waals surface area contributed by atoms with Crippen LogP contribution in [0, 0.1) is 10.1 Å². The summed E-state index contributed by atoms with van der Waals surface area (Å²) in [5.41, 5.74) is -0.0745. The van der Waals surface area contributed by atoms with Gasteiger partial charge in [0.25, 0.3) is 0 Å². The van der Waals surface area contributed by atoms with Crippen LogP contribution in [0.25, 0.3) is 0 Å². The van der Waals surface area contributed by atoms with Gasteiger partial charge in [0, 0.05) is 5.56 Å². The first-order chi connectivity index (χ1) is 8.52. The van der Waals surface area contributed by atoms with Crippen molar-refractivity contribution < 1.29 is 19.6 Å². The van der Waals surface area contributed by atoms with E-state index in [9.17, 15) is 14.9 Å². The topological polar surface area (TPSA) is 89.7 Å². The van der Waals surface area contributed by atoms with Crippen molar-refractivity contribution >= 4 is 11.7 Å². The van der Waals surface area contributed by atoms with Gasteiger partial charge in [-0.2, -0.15) is 0 Å². The first-order valence-corrected chi connectivity index (χ1v) is 5.65. The van der Waals surface area contributed by atoms with Gasteiger partial charge in [0.2, 0.25) is 0 Å². The molecule has 0 heterocycles. The Hall–Kier alpha value is -2.11. The van der Waals surface area contributed by atoms with Gasteiger partial charge >= 0.3 is 11.7 Å². The molecule has 1 N–H and O–H groups in total. The molecule has 1 aromatic rings. The van der Waals surface area contributed by atoms with Crippen LogP contribution < -0.4 is 4.74 Å². The molecule has 0 aliphatic heterocycles. The summed E-state index contributed by atoms with van der Waals surface area (Å²) in [5.74, 6) is -1.86. The molecular weight excluding hydrogens is 238 g/mol. The van der Waals surface area contributed by atoms with E-state index < -0.39 is 16.8 Å². The number of ether oxygens (including phenoxy) is 1. The smallest absolute Gasteiger partial charge is 0.314 e. The molecule has 0 aliphatic carbocycles. The van der Waals surface area contributed by atoms with Crippen LogP contribution >= 0.6 is 0 Å². The molecule has 0 amide bonds. The second-order valence-corrected chi connectivity index (χ2v) is 3.68. The Morgan fingerprint density at radius 2 is 2.17 bits per heavy atom. The van der Waals surface area contributed by atoms with Crippen LogP contribution in [0.3, 0.4) is 0 Å². The predicted molar refractivity (Wildman–Crippen MR) is 64.9 cm³/mol. The zero-order chi connectivity index (χ0) is 13.7. The minimum atomic E-state index is -1.07. The van der Waals surface area contributed by atoms with E-state index in [1.54, 1.807) is 19.9 Å². The number of para-hydroxylation sites is 1. The zero-order valence-corrected chi connectivity index (χ0v) is 10.3. The molecule has 6 nitrogen and oxygen atoms in total. The number of rotatable bonds is 6. The van der Waals surface area contributed by atoms with Gasteiger partial charge in [0.1, 0.15) is 0 Å². The highest BCUT2D eigenvalue weighted by Crippen LogP contribution is 2.36. The quantitative estimate of drug-likeness (QED) is 0.621. The number of nitrogens with zero attached hydrogens (tertiary/aromatic N) is 1. The number of aliphatic carboxylic acids is 1. The van der Waals surface area contributed by atoms with Crippen LogP contribution in [0.15, 0.2) is 18.2 Å². The van der Waals surface area contributed by atoms with Crippen molar-refractivity contribution in [2.24, 2.45) is 0 Å². The van der Waals surface area contributed by atoms with E-state index in [0.717, 1.165) is 0 Å². The van der Waals surface area contributed by atoms with Gasteiger partial charge in [-0.3, -0.25) is 14.9 Å². The lowest BCUT2D eigenvalue weighted by Gasteiger charge is -2.13. The Morgan fingerprint density at radius 3 is 2.61 bits per heavy atom. The van der Waals surface area contributed by atoms with Crippen molar-refractivity contribution in [1.29, 1.82) is 0 Å². The molecule has 0 aliphatic rings. The lowest BCUT2D eigenvalue weighted by molar-refractivity contribution is -0.386. The fourth-order valence-corrected chi connectivity index (χ4v) is 1.82. The van der Waals surface area contributed by atoms with Crippen LogP contribution in [0.2, 0.25) is 0 Å². The van der Waals surface area contributed by atoms with Crippen molar-refractivity contribution in [2.45, 2.75) is 26.2 Å². The third-order valence-electron chi connectivity index (χ3n) is 2.59. The molecule has 18 heavy (non-hydrogen) atoms. The molecule has 6 heteroatoms. The first-order valence-electron chi connectivity index (χ1n) is 5.65. The molecule has 0 bridgehead atoms. The highest BCUT2D eigenvalue weighted by Gasteiger charge is 2.29. The SMILES string of the molecule is CCOc1cccc(C(CC)C(=O)O)c1[N+](=O)[O-]. The van der Waals surface area contributed by atoms with E-state index in [4.69, 9.17) is 9.84 Å². The third-order valence-corrected chi connectivity index (χ3v) is 2.59. The van der Waals surface area contributed by atoms with Crippen LogP contribution in [0.5, 0.6) is 5.75 Å². The number of hydrogen-bond donors (Lipinski definition) is 1. The fourth-order valence-electron chi connectivity index (χ4n) is 1.82. The summed E-state index contributed by atoms with van der Waals surface area (Å²) in [5, 5.41) is 20.2. The monoisotopic (exact) mass is 253 g/mol. The standard InChI is InChI=1S/C12H15NO5/c1-3-8(12(14)15)9-6-5-7-10(18-4-2)11(9)13(16)17/h5-8H,3-4H2,1-2H3,(H,14,15). The summed E-state index contributed by atoms with van der Waals surface area (Å²) in [4.78, 5) is 21.6. The molecule has 0 saturated carbocycles. The minimum absolute atomic E-state index is 0.111. The second kappa shape index (κ2) is 6.00. The maximum atomic E-state index is 11.1. The molecule has 0 aromatic heterocycles. The van der Waals surface area contributed by atoms with Gasteiger partial charge in [0.15, 0.2) is 5.75 Å². The Kier molecular flexibility index (Phi) is 4.65. The van der Waals surface area contributed by atoms with E-state index in [0.29, 0.717) is 0 Å². The van der Waals surface area contributed by atoms with Crippen molar-refractivity contribution in [3.63, 3.8) is 0 Å². The van der Waals surface area contributed by atoms with Crippen LogP contribution in [-0.2, 0) is 4.79 Å². The average molecular weight is 253 g/mol. The molecule has 0 fully saturated rings. The maximum Gasteiger partial charge on any atom is 0.314 e. The van der Waals surface area contributed by atoms with Gasteiger partial charge in [-0.05, 0) is 19.4 Å². The van der Waals surface area contributed by atoms with E-state index in [2.05, 4.69) is 0 Å². The number of carboxylic acid groups (broad SMARTS) is 1. The Morgan fingerprint density at radius 1 is 1.50 bits per heavy atom. The van der Waals surface area contributed by atoms with Crippen LogP contribution in [0.1, 0.15) is 31.7 Å². The molecule has 1 atom stereocenters. The summed E-state index contributed by atoms with van der Waals surface area (Å²) in [7, 11) is 0. The number of benzene rings is 1. The van der Waals surface area contributed by atoms with E-state index in [1.165, 1.54) is 12.1 Å². The molecule has 1 aromatic carbocycles. The number of carboxylic acids is 1. The van der Waals surface area contributed by atoms with Crippen LogP contribution in [0.4, 0.5) is 5.69 Å². The predicted octanol–water partition coefficient (Wildman–Crippen LogP) is 2.57. The molecule has 0 radical (unpaired) electrons. The Balaban J connectivity index is 3.38. The van der Waals surface area contributed by atoms with Crippen LogP contribution in [-0.4, -0.2) is 22.6 Å². The number of nitro groups is 1. The number of carbonyl (C=O) groups is 1. The number of hydrogen-bond acceptors (Lipinski definition) is 4. The molecule has 1 rings (SSSR count). The van der Waals surface area contributed by atoms with Crippen molar-refractivity contribution in [3.8, 4) is 5.75 Å². The average Bonchev–Trinajstić information content (AvgIpc) is 2.29. The fraction of sp³-hybridized carbons (Fsp3) is 0.417. The lowest BCUT2D eigenvalue weighted by atomic mass is 9.94. The summed E-state index contributed by atoms with van der Waals surface area (Å²) < 4.78 is 5.18. The highest BCUT2D eigenvalue weighted by atomic mass is 16.6. The summed E-state index contributed by atoms with van der Waals surface area (Å²) in [6, 6.07) is 4.50. The van der Waals surface area contributed by atoms with Gasteiger partial charge in [-0.15, -0.1) is 0 Å². The molecular formula is C12H15NO5. The zero-order valence-electron chi connectivity index (χ0n) is 10.3. The summed E-state index contributed by atoms with van der Waals surface area (Å²) in [6.45, 7) is 3.68.